The molecule has 0 aliphatic heterocycles. The summed E-state index contributed by atoms with van der Waals surface area (Å²) in [7, 11) is 0. The van der Waals surface area contributed by atoms with Crippen LogP contribution in [0.1, 0.15) is 29.8 Å². The van der Waals surface area contributed by atoms with E-state index in [-0.39, 0.29) is 17.6 Å². The number of hydrogen-bond donors (Lipinski definition) is 3. The van der Waals surface area contributed by atoms with Crippen LogP contribution in [0.15, 0.2) is 24.5 Å². The van der Waals surface area contributed by atoms with Crippen molar-refractivity contribution in [2.75, 3.05) is 5.73 Å². The number of H-pyrrole nitrogens is 1. The first-order valence-corrected chi connectivity index (χ1v) is 8.24. The van der Waals surface area contributed by atoms with E-state index in [2.05, 4.69) is 32.4 Å². The van der Waals surface area contributed by atoms with Gasteiger partial charge in [0, 0.05) is 24.1 Å². The van der Waals surface area contributed by atoms with Crippen LogP contribution < -0.4 is 11.5 Å². The molecule has 1 aliphatic rings. The Hall–Kier alpha value is -3.92. The fourth-order valence-corrected chi connectivity index (χ4v) is 2.93. The standard InChI is InChI=1S/C10H9N7O.C7H8N2/c11-9(18)7-2-1-6-8(5-3-13-14-4-5)15-10(12)16-17(6)7;8-2-1-6-3-7(4-6)5-9/h1-4H,(H2,11,18)(H2,12,16)(H,13,14);6-7H,1,3-4H2. The lowest BCUT2D eigenvalue weighted by Gasteiger charge is -2.27. The Balaban J connectivity index is 0.000000197. The largest absolute Gasteiger partial charge is 0.367 e. The number of nitrogens with two attached hydrogens (primary N) is 2. The fourth-order valence-electron chi connectivity index (χ4n) is 2.93. The highest BCUT2D eigenvalue weighted by Gasteiger charge is 2.28. The van der Waals surface area contributed by atoms with Crippen LogP contribution in [0.25, 0.3) is 16.8 Å². The Morgan fingerprint density at radius 1 is 1.37 bits per heavy atom. The molecule has 4 rings (SSSR count). The van der Waals surface area contributed by atoms with E-state index in [9.17, 15) is 4.79 Å². The normalized spacial score (nSPS) is 17.9. The van der Waals surface area contributed by atoms with Crippen molar-refractivity contribution >= 4 is 17.4 Å². The highest BCUT2D eigenvalue weighted by Crippen LogP contribution is 2.34. The molecule has 1 amide bonds. The number of primary amides is 1. The summed E-state index contributed by atoms with van der Waals surface area (Å²) < 4.78 is 1.38. The molecule has 0 atom stereocenters. The number of fused-ring (bicyclic) bond motifs is 1. The summed E-state index contributed by atoms with van der Waals surface area (Å²) in [5.74, 6) is 0.256. The summed E-state index contributed by atoms with van der Waals surface area (Å²) in [6, 6.07) is 7.57. The SMILES string of the molecule is N#CCC1CC(C#N)C1.NC(=O)c1ccc2c(-c3cn[nH]c3)nc(N)nn12. The van der Waals surface area contributed by atoms with Gasteiger partial charge in [0.1, 0.15) is 11.4 Å². The van der Waals surface area contributed by atoms with Crippen molar-refractivity contribution < 1.29 is 4.79 Å². The number of nitriles is 2. The summed E-state index contributed by atoms with van der Waals surface area (Å²) in [5, 5.41) is 27.1. The maximum absolute atomic E-state index is 11.3. The van der Waals surface area contributed by atoms with E-state index in [0.717, 1.165) is 18.4 Å². The number of aromatic nitrogens is 5. The van der Waals surface area contributed by atoms with Gasteiger partial charge in [-0.05, 0) is 30.9 Å². The van der Waals surface area contributed by atoms with E-state index in [1.165, 1.54) is 4.52 Å². The second-order valence-corrected chi connectivity index (χ2v) is 6.21. The minimum atomic E-state index is -0.578. The predicted molar refractivity (Wildman–Crippen MR) is 95.6 cm³/mol. The minimum absolute atomic E-state index is 0.0531. The summed E-state index contributed by atoms with van der Waals surface area (Å²) in [6.45, 7) is 0. The number of aromatic amines is 1. The third-order valence-corrected chi connectivity index (χ3v) is 4.35. The predicted octanol–water partition coefficient (Wildman–Crippen LogP) is 1.25. The number of amides is 1. The van der Waals surface area contributed by atoms with Gasteiger partial charge in [-0.1, -0.05) is 0 Å². The zero-order valence-corrected chi connectivity index (χ0v) is 14.3. The Kier molecular flexibility index (Phi) is 4.99. The van der Waals surface area contributed by atoms with Gasteiger partial charge in [0.05, 0.1) is 23.9 Å². The van der Waals surface area contributed by atoms with Crippen LogP contribution in [0.5, 0.6) is 0 Å². The maximum Gasteiger partial charge on any atom is 0.267 e. The van der Waals surface area contributed by atoms with Crippen LogP contribution in [0.2, 0.25) is 0 Å². The van der Waals surface area contributed by atoms with Gasteiger partial charge >= 0.3 is 0 Å². The van der Waals surface area contributed by atoms with Crippen molar-refractivity contribution in [3.63, 3.8) is 0 Å². The Morgan fingerprint density at radius 3 is 2.74 bits per heavy atom. The Labute approximate surface area is 154 Å². The van der Waals surface area contributed by atoms with Gasteiger partial charge in [-0.25, -0.2) is 9.50 Å². The van der Waals surface area contributed by atoms with Crippen molar-refractivity contribution in [3.05, 3.63) is 30.2 Å². The Bertz CT molecular complexity index is 1030. The van der Waals surface area contributed by atoms with Crippen LogP contribution in [0.4, 0.5) is 5.95 Å². The van der Waals surface area contributed by atoms with Crippen LogP contribution in [0, 0.1) is 34.5 Å². The van der Waals surface area contributed by atoms with Crippen molar-refractivity contribution in [1.82, 2.24) is 24.8 Å². The number of nitrogens with zero attached hydrogens (tertiary/aromatic N) is 6. The highest BCUT2D eigenvalue weighted by molar-refractivity contribution is 5.93. The third kappa shape index (κ3) is 3.70. The Morgan fingerprint density at radius 2 is 2.15 bits per heavy atom. The highest BCUT2D eigenvalue weighted by atomic mass is 16.1. The number of hydrogen-bond acceptors (Lipinski definition) is 7. The molecule has 3 heterocycles. The van der Waals surface area contributed by atoms with Gasteiger partial charge in [0.15, 0.2) is 0 Å². The van der Waals surface area contributed by atoms with E-state index in [1.807, 2.05) is 0 Å². The summed E-state index contributed by atoms with van der Waals surface area (Å²) in [5.41, 5.74) is 13.1. The molecule has 3 aromatic heterocycles. The van der Waals surface area contributed by atoms with Crippen LogP contribution in [0.3, 0.4) is 0 Å². The molecule has 1 saturated carbocycles. The number of nitrogens with one attached hydrogen (secondary N) is 1. The average Bonchev–Trinajstić information content (AvgIpc) is 3.27. The van der Waals surface area contributed by atoms with Crippen LogP contribution >= 0.6 is 0 Å². The molecule has 0 spiro atoms. The molecule has 10 heteroatoms. The molecule has 3 aromatic rings. The molecule has 27 heavy (non-hydrogen) atoms. The lowest BCUT2D eigenvalue weighted by Crippen LogP contribution is -2.21. The second-order valence-electron chi connectivity index (χ2n) is 6.21. The molecular formula is C17H17N9O. The number of carbonyl (C=O) groups is 1. The van der Waals surface area contributed by atoms with Gasteiger partial charge in [0.2, 0.25) is 5.95 Å². The van der Waals surface area contributed by atoms with Crippen molar-refractivity contribution in [3.8, 4) is 23.4 Å². The lowest BCUT2D eigenvalue weighted by molar-refractivity contribution is 0.0994. The van der Waals surface area contributed by atoms with Crippen LogP contribution in [-0.2, 0) is 0 Å². The maximum atomic E-state index is 11.3. The van der Waals surface area contributed by atoms with E-state index in [4.69, 9.17) is 22.0 Å². The van der Waals surface area contributed by atoms with E-state index < -0.39 is 5.91 Å². The molecule has 0 aromatic carbocycles. The van der Waals surface area contributed by atoms with Crippen LogP contribution in [-0.4, -0.2) is 30.7 Å². The summed E-state index contributed by atoms with van der Waals surface area (Å²) in [6.07, 6.45) is 5.82. The number of carbonyl (C=O) groups excluding carboxylic acids is 1. The molecule has 136 valence electrons. The van der Waals surface area contributed by atoms with E-state index >= 15 is 0 Å². The van der Waals surface area contributed by atoms with Crippen molar-refractivity contribution in [1.29, 1.82) is 10.5 Å². The van der Waals surface area contributed by atoms with Gasteiger partial charge in [-0.2, -0.15) is 15.6 Å². The molecule has 0 unspecified atom stereocenters. The number of anilines is 1. The molecule has 0 bridgehead atoms. The van der Waals surface area contributed by atoms with E-state index in [0.29, 0.717) is 23.5 Å². The van der Waals surface area contributed by atoms with E-state index in [1.54, 1.807) is 24.5 Å². The first kappa shape index (κ1) is 17.9. The van der Waals surface area contributed by atoms with Gasteiger partial charge < -0.3 is 11.5 Å². The van der Waals surface area contributed by atoms with Gasteiger partial charge in [-0.3, -0.25) is 9.89 Å². The molecule has 5 N–H and O–H groups in total. The second kappa shape index (κ2) is 7.54. The number of nitrogen functional groups attached to an aromatic ring is 1. The van der Waals surface area contributed by atoms with Gasteiger partial charge in [-0.15, -0.1) is 5.10 Å². The molecular weight excluding hydrogens is 346 g/mol. The first-order chi connectivity index (χ1) is 13.0. The molecule has 10 nitrogen and oxygen atoms in total. The molecule has 0 saturated heterocycles. The molecule has 1 aliphatic carbocycles. The molecule has 1 fully saturated rings. The smallest absolute Gasteiger partial charge is 0.267 e. The monoisotopic (exact) mass is 363 g/mol. The van der Waals surface area contributed by atoms with Crippen molar-refractivity contribution in [2.24, 2.45) is 17.6 Å². The van der Waals surface area contributed by atoms with Crippen molar-refractivity contribution in [2.45, 2.75) is 19.3 Å². The van der Waals surface area contributed by atoms with Gasteiger partial charge in [0.25, 0.3) is 5.91 Å². The first-order valence-electron chi connectivity index (χ1n) is 8.24. The lowest BCUT2D eigenvalue weighted by atomic mass is 9.74. The topological polar surface area (TPSA) is 176 Å². The summed E-state index contributed by atoms with van der Waals surface area (Å²) in [4.78, 5) is 15.4. The zero-order valence-electron chi connectivity index (χ0n) is 14.3. The summed E-state index contributed by atoms with van der Waals surface area (Å²) >= 11 is 0. The minimum Gasteiger partial charge on any atom is -0.367 e. The quantitative estimate of drug-likeness (QED) is 0.627. The average molecular weight is 363 g/mol. The zero-order chi connectivity index (χ0) is 19.4. The number of rotatable bonds is 3. The molecule has 0 radical (unpaired) electrons. The third-order valence-electron chi connectivity index (χ3n) is 4.35. The fraction of sp³-hybridized carbons (Fsp3) is 0.294.